The van der Waals surface area contributed by atoms with Crippen LogP contribution in [-0.4, -0.2) is 26.7 Å². The van der Waals surface area contributed by atoms with Gasteiger partial charge in [-0.2, -0.15) is 0 Å². The summed E-state index contributed by atoms with van der Waals surface area (Å²) in [6.07, 6.45) is 3.10. The Morgan fingerprint density at radius 2 is 1.64 bits per heavy atom. The molecule has 1 fully saturated rings. The minimum absolute atomic E-state index is 0.168. The summed E-state index contributed by atoms with van der Waals surface area (Å²) in [6.45, 7) is 3.98. The third kappa shape index (κ3) is 2.68. The van der Waals surface area contributed by atoms with E-state index in [1.807, 2.05) is 13.8 Å². The minimum atomic E-state index is -1.82. The third-order valence-electron chi connectivity index (χ3n) is 2.67. The molecule has 2 atom stereocenters. The first-order chi connectivity index (χ1) is 6.34. The zero-order chi connectivity index (χ0) is 10.9. The van der Waals surface area contributed by atoms with Crippen LogP contribution in [0.15, 0.2) is 0 Å². The minimum Gasteiger partial charge on any atom is -0.334 e. The van der Waals surface area contributed by atoms with Crippen molar-refractivity contribution in [2.24, 2.45) is 0 Å². The first-order valence-corrected chi connectivity index (χ1v) is 5.87. The lowest BCUT2D eigenvalue weighted by atomic mass is 9.97. The summed E-state index contributed by atoms with van der Waals surface area (Å²) in [5.41, 5.74) is 0. The summed E-state index contributed by atoms with van der Waals surface area (Å²) in [4.78, 5) is 13.5. The summed E-state index contributed by atoms with van der Waals surface area (Å²) < 4.78 is -1.82. The summed E-state index contributed by atoms with van der Waals surface area (Å²) in [7, 11) is 0. The Kier molecular flexibility index (Phi) is 3.95. The van der Waals surface area contributed by atoms with Crippen LogP contribution in [0.3, 0.4) is 0 Å². The van der Waals surface area contributed by atoms with Crippen LogP contribution in [0.5, 0.6) is 0 Å². The number of alkyl halides is 3. The van der Waals surface area contributed by atoms with Gasteiger partial charge in [-0.25, -0.2) is 0 Å². The van der Waals surface area contributed by atoms with Gasteiger partial charge in [0.2, 0.25) is 0 Å². The van der Waals surface area contributed by atoms with Gasteiger partial charge in [0.05, 0.1) is 0 Å². The van der Waals surface area contributed by atoms with Crippen LogP contribution in [0.25, 0.3) is 0 Å². The van der Waals surface area contributed by atoms with Crippen molar-refractivity contribution in [3.63, 3.8) is 0 Å². The van der Waals surface area contributed by atoms with E-state index in [-0.39, 0.29) is 12.1 Å². The standard InChI is InChI=1S/C9H14Cl3NO/c1-6-4-3-5-7(2)13(6)8(14)9(10,11)12/h6-7H,3-5H2,1-2H3/t6-,7-/m1/s1. The molecule has 0 unspecified atom stereocenters. The lowest BCUT2D eigenvalue weighted by Gasteiger charge is -2.40. The first kappa shape index (κ1) is 12.4. The Labute approximate surface area is 99.5 Å². The molecule has 0 bridgehead atoms. The maximum absolute atomic E-state index is 11.8. The fourth-order valence-corrected chi connectivity index (χ4v) is 2.26. The Morgan fingerprint density at radius 3 is 2.00 bits per heavy atom. The van der Waals surface area contributed by atoms with Gasteiger partial charge in [-0.15, -0.1) is 0 Å². The van der Waals surface area contributed by atoms with Gasteiger partial charge < -0.3 is 4.90 Å². The number of carbonyl (C=O) groups is 1. The molecule has 82 valence electrons. The maximum Gasteiger partial charge on any atom is 0.275 e. The van der Waals surface area contributed by atoms with Crippen molar-refractivity contribution in [1.82, 2.24) is 4.90 Å². The molecule has 0 aliphatic carbocycles. The second-order valence-corrected chi connectivity index (χ2v) is 6.12. The number of nitrogens with zero attached hydrogens (tertiary/aromatic N) is 1. The molecule has 1 amide bonds. The van der Waals surface area contributed by atoms with Crippen molar-refractivity contribution in [2.75, 3.05) is 0 Å². The molecule has 1 heterocycles. The van der Waals surface area contributed by atoms with Gasteiger partial charge in [-0.05, 0) is 33.1 Å². The molecule has 0 aromatic heterocycles. The van der Waals surface area contributed by atoms with E-state index in [2.05, 4.69) is 0 Å². The smallest absolute Gasteiger partial charge is 0.275 e. The number of hydrogen-bond donors (Lipinski definition) is 0. The predicted molar refractivity (Wildman–Crippen MR) is 59.9 cm³/mol. The van der Waals surface area contributed by atoms with Crippen molar-refractivity contribution < 1.29 is 4.79 Å². The largest absolute Gasteiger partial charge is 0.334 e. The monoisotopic (exact) mass is 257 g/mol. The van der Waals surface area contributed by atoms with Crippen LogP contribution in [0.4, 0.5) is 0 Å². The highest BCUT2D eigenvalue weighted by Crippen LogP contribution is 2.33. The Morgan fingerprint density at radius 1 is 1.21 bits per heavy atom. The number of carbonyl (C=O) groups excluding carboxylic acids is 1. The fraction of sp³-hybridized carbons (Fsp3) is 0.889. The average molecular weight is 259 g/mol. The van der Waals surface area contributed by atoms with Crippen molar-refractivity contribution in [1.29, 1.82) is 0 Å². The quantitative estimate of drug-likeness (QED) is 0.611. The van der Waals surface area contributed by atoms with Gasteiger partial charge in [0.25, 0.3) is 9.70 Å². The molecule has 1 rings (SSSR count). The number of hydrogen-bond acceptors (Lipinski definition) is 1. The van der Waals surface area contributed by atoms with Crippen LogP contribution in [-0.2, 0) is 4.79 Å². The van der Waals surface area contributed by atoms with E-state index < -0.39 is 9.70 Å². The SMILES string of the molecule is C[C@@H]1CCC[C@@H](C)N1C(=O)C(Cl)(Cl)Cl. The summed E-state index contributed by atoms with van der Waals surface area (Å²) in [5.74, 6) is -0.401. The van der Waals surface area contributed by atoms with Crippen LogP contribution in [0.1, 0.15) is 33.1 Å². The van der Waals surface area contributed by atoms with E-state index >= 15 is 0 Å². The molecular weight excluding hydrogens is 244 g/mol. The van der Waals surface area contributed by atoms with Gasteiger partial charge in [-0.3, -0.25) is 4.79 Å². The third-order valence-corrected chi connectivity index (χ3v) is 3.16. The van der Waals surface area contributed by atoms with E-state index in [0.29, 0.717) is 0 Å². The summed E-state index contributed by atoms with van der Waals surface area (Å²) >= 11 is 16.8. The molecule has 14 heavy (non-hydrogen) atoms. The number of likely N-dealkylation sites (tertiary alicyclic amines) is 1. The predicted octanol–water partition coefficient (Wildman–Crippen LogP) is 3.15. The zero-order valence-electron chi connectivity index (χ0n) is 8.27. The lowest BCUT2D eigenvalue weighted by Crippen LogP contribution is -2.51. The molecule has 1 aliphatic heterocycles. The summed E-state index contributed by atoms with van der Waals surface area (Å²) in [5, 5.41) is 0. The van der Waals surface area contributed by atoms with E-state index in [9.17, 15) is 4.79 Å². The normalized spacial score (nSPS) is 29.1. The lowest BCUT2D eigenvalue weighted by molar-refractivity contribution is -0.136. The van der Waals surface area contributed by atoms with Crippen LogP contribution in [0, 0.1) is 0 Å². The Balaban J connectivity index is 2.78. The highest BCUT2D eigenvalue weighted by atomic mass is 35.6. The molecular formula is C9H14Cl3NO. The van der Waals surface area contributed by atoms with Crippen LogP contribution < -0.4 is 0 Å². The number of amides is 1. The van der Waals surface area contributed by atoms with Gasteiger partial charge in [0, 0.05) is 12.1 Å². The average Bonchev–Trinajstić information content (AvgIpc) is 2.01. The molecule has 0 aromatic carbocycles. The van der Waals surface area contributed by atoms with E-state index in [0.717, 1.165) is 19.3 Å². The van der Waals surface area contributed by atoms with Crippen molar-refractivity contribution >= 4 is 40.7 Å². The van der Waals surface area contributed by atoms with Crippen molar-refractivity contribution in [3.8, 4) is 0 Å². The highest BCUT2D eigenvalue weighted by Gasteiger charge is 2.40. The molecule has 1 saturated heterocycles. The van der Waals surface area contributed by atoms with E-state index in [4.69, 9.17) is 34.8 Å². The maximum atomic E-state index is 11.8. The second-order valence-electron chi connectivity index (χ2n) is 3.84. The van der Waals surface area contributed by atoms with E-state index in [1.54, 1.807) is 4.90 Å². The Hall–Kier alpha value is 0.340. The summed E-state index contributed by atoms with van der Waals surface area (Å²) in [6, 6.07) is 0.337. The molecule has 5 heteroatoms. The second kappa shape index (κ2) is 4.46. The van der Waals surface area contributed by atoms with Crippen molar-refractivity contribution in [3.05, 3.63) is 0 Å². The van der Waals surface area contributed by atoms with Gasteiger partial charge >= 0.3 is 0 Å². The van der Waals surface area contributed by atoms with Gasteiger partial charge in [-0.1, -0.05) is 34.8 Å². The van der Waals surface area contributed by atoms with Gasteiger partial charge in [0.1, 0.15) is 0 Å². The molecule has 0 saturated carbocycles. The molecule has 0 N–H and O–H groups in total. The van der Waals surface area contributed by atoms with Crippen LogP contribution >= 0.6 is 34.8 Å². The highest BCUT2D eigenvalue weighted by molar-refractivity contribution is 6.76. The first-order valence-electron chi connectivity index (χ1n) is 4.73. The molecule has 0 aromatic rings. The molecule has 0 radical (unpaired) electrons. The van der Waals surface area contributed by atoms with Crippen molar-refractivity contribution in [2.45, 2.75) is 49.0 Å². The van der Waals surface area contributed by atoms with Crippen LogP contribution in [0.2, 0.25) is 0 Å². The molecule has 0 spiro atoms. The van der Waals surface area contributed by atoms with Gasteiger partial charge in [0.15, 0.2) is 0 Å². The Bertz CT molecular complexity index is 217. The van der Waals surface area contributed by atoms with E-state index in [1.165, 1.54) is 0 Å². The number of halogens is 3. The molecule has 2 nitrogen and oxygen atoms in total. The molecule has 1 aliphatic rings. The number of piperidine rings is 1. The zero-order valence-corrected chi connectivity index (χ0v) is 10.5. The fourth-order valence-electron chi connectivity index (χ4n) is 1.97. The number of rotatable bonds is 0. The topological polar surface area (TPSA) is 20.3 Å².